The molecule has 1 aromatic carbocycles. The Bertz CT molecular complexity index is 453. The lowest BCUT2D eigenvalue weighted by atomic mass is 10.0. The summed E-state index contributed by atoms with van der Waals surface area (Å²) in [6.07, 6.45) is 4.59. The van der Waals surface area contributed by atoms with Gasteiger partial charge in [-0.3, -0.25) is 0 Å². The monoisotopic (exact) mass is 296 g/mol. The Morgan fingerprint density at radius 2 is 1.95 bits per heavy atom. The first kappa shape index (κ1) is 16.2. The normalized spacial score (nSPS) is 20.0. The van der Waals surface area contributed by atoms with Crippen LogP contribution in [0.3, 0.4) is 0 Å². The Morgan fingerprint density at radius 3 is 2.52 bits per heavy atom. The van der Waals surface area contributed by atoms with E-state index in [1.54, 1.807) is 0 Å². The fourth-order valence-corrected chi connectivity index (χ4v) is 3.16. The van der Waals surface area contributed by atoms with Crippen LogP contribution in [-0.2, 0) is 6.42 Å². The van der Waals surface area contributed by atoms with E-state index >= 15 is 0 Å². The summed E-state index contributed by atoms with van der Waals surface area (Å²) in [5.41, 5.74) is 6.65. The second-order valence-corrected chi connectivity index (χ2v) is 6.17. The molecule has 0 saturated carbocycles. The number of halogens is 2. The third kappa shape index (κ3) is 3.94. The quantitative estimate of drug-likeness (QED) is 0.863. The predicted octanol–water partition coefficient (Wildman–Crippen LogP) is 3.87. The van der Waals surface area contributed by atoms with E-state index in [0.717, 1.165) is 38.8 Å². The van der Waals surface area contributed by atoms with Crippen molar-refractivity contribution in [1.82, 2.24) is 0 Å². The molecule has 21 heavy (non-hydrogen) atoms. The average molecular weight is 296 g/mol. The SMILES string of the molecule is CCCC1CCN(c2c(F)cc(CC(N)CC)cc2F)C1. The smallest absolute Gasteiger partial charge is 0.149 e. The first-order valence-electron chi connectivity index (χ1n) is 8.03. The topological polar surface area (TPSA) is 29.3 Å². The van der Waals surface area contributed by atoms with Gasteiger partial charge >= 0.3 is 0 Å². The van der Waals surface area contributed by atoms with E-state index in [-0.39, 0.29) is 11.7 Å². The number of rotatable bonds is 6. The summed E-state index contributed by atoms with van der Waals surface area (Å²) in [6, 6.07) is 2.85. The molecule has 2 atom stereocenters. The van der Waals surface area contributed by atoms with Gasteiger partial charge in [0.25, 0.3) is 0 Å². The van der Waals surface area contributed by atoms with Crippen LogP contribution in [0.4, 0.5) is 14.5 Å². The van der Waals surface area contributed by atoms with Crippen LogP contribution < -0.4 is 10.6 Å². The Labute approximate surface area is 126 Å². The van der Waals surface area contributed by atoms with Crippen molar-refractivity contribution in [2.24, 2.45) is 11.7 Å². The van der Waals surface area contributed by atoms with Crippen molar-refractivity contribution in [2.75, 3.05) is 18.0 Å². The molecule has 1 heterocycles. The molecule has 2 rings (SSSR count). The van der Waals surface area contributed by atoms with Crippen molar-refractivity contribution in [1.29, 1.82) is 0 Å². The van der Waals surface area contributed by atoms with Gasteiger partial charge in [0.15, 0.2) is 0 Å². The zero-order chi connectivity index (χ0) is 15.4. The lowest BCUT2D eigenvalue weighted by Crippen LogP contribution is -2.24. The lowest BCUT2D eigenvalue weighted by Gasteiger charge is -2.21. The van der Waals surface area contributed by atoms with Gasteiger partial charge in [-0.25, -0.2) is 8.78 Å². The summed E-state index contributed by atoms with van der Waals surface area (Å²) >= 11 is 0. The molecule has 1 aromatic rings. The maximum absolute atomic E-state index is 14.3. The predicted molar refractivity (Wildman–Crippen MR) is 83.6 cm³/mol. The molecule has 0 bridgehead atoms. The Balaban J connectivity index is 2.14. The van der Waals surface area contributed by atoms with E-state index in [9.17, 15) is 8.78 Å². The summed E-state index contributed by atoms with van der Waals surface area (Å²) in [5, 5.41) is 0. The van der Waals surface area contributed by atoms with Crippen LogP contribution in [0.15, 0.2) is 12.1 Å². The zero-order valence-electron chi connectivity index (χ0n) is 13.0. The number of anilines is 1. The number of benzene rings is 1. The van der Waals surface area contributed by atoms with Crippen LogP contribution in [0.5, 0.6) is 0 Å². The fraction of sp³-hybridized carbons (Fsp3) is 0.647. The zero-order valence-corrected chi connectivity index (χ0v) is 13.0. The lowest BCUT2D eigenvalue weighted by molar-refractivity contribution is 0.526. The molecule has 1 fully saturated rings. The van der Waals surface area contributed by atoms with Crippen molar-refractivity contribution in [3.8, 4) is 0 Å². The van der Waals surface area contributed by atoms with Crippen molar-refractivity contribution < 1.29 is 8.78 Å². The molecule has 0 amide bonds. The van der Waals surface area contributed by atoms with Crippen molar-refractivity contribution in [3.63, 3.8) is 0 Å². The Kier molecular flexibility index (Phi) is 5.57. The van der Waals surface area contributed by atoms with Gasteiger partial charge in [-0.1, -0.05) is 20.3 Å². The first-order chi connectivity index (χ1) is 10.0. The molecule has 0 aliphatic carbocycles. The van der Waals surface area contributed by atoms with Gasteiger partial charge in [-0.2, -0.15) is 0 Å². The second kappa shape index (κ2) is 7.21. The van der Waals surface area contributed by atoms with E-state index in [4.69, 9.17) is 5.73 Å². The molecular weight excluding hydrogens is 270 g/mol. The molecule has 1 aliphatic rings. The van der Waals surface area contributed by atoms with Crippen LogP contribution in [-0.4, -0.2) is 19.1 Å². The van der Waals surface area contributed by atoms with Crippen molar-refractivity contribution in [2.45, 2.75) is 52.0 Å². The second-order valence-electron chi connectivity index (χ2n) is 6.17. The largest absolute Gasteiger partial charge is 0.367 e. The summed E-state index contributed by atoms with van der Waals surface area (Å²) in [6.45, 7) is 5.63. The van der Waals surface area contributed by atoms with Crippen LogP contribution in [0.2, 0.25) is 0 Å². The number of nitrogens with two attached hydrogens (primary N) is 1. The average Bonchev–Trinajstić information content (AvgIpc) is 2.86. The third-order valence-corrected chi connectivity index (χ3v) is 4.40. The molecule has 2 unspecified atom stereocenters. The van der Waals surface area contributed by atoms with Crippen molar-refractivity contribution >= 4 is 5.69 Å². The minimum absolute atomic E-state index is 0.0460. The molecule has 0 aromatic heterocycles. The molecule has 2 N–H and O–H groups in total. The molecule has 118 valence electrons. The number of hydrogen-bond acceptors (Lipinski definition) is 2. The highest BCUT2D eigenvalue weighted by atomic mass is 19.1. The summed E-state index contributed by atoms with van der Waals surface area (Å²) in [4.78, 5) is 1.86. The summed E-state index contributed by atoms with van der Waals surface area (Å²) < 4.78 is 28.6. The van der Waals surface area contributed by atoms with Gasteiger partial charge in [0.2, 0.25) is 0 Å². The van der Waals surface area contributed by atoms with Gasteiger partial charge in [0.1, 0.15) is 17.3 Å². The van der Waals surface area contributed by atoms with E-state index in [1.165, 1.54) is 12.1 Å². The molecule has 1 saturated heterocycles. The van der Waals surface area contributed by atoms with E-state index < -0.39 is 11.6 Å². The van der Waals surface area contributed by atoms with Gasteiger partial charge in [-0.15, -0.1) is 0 Å². The van der Waals surface area contributed by atoms with Gasteiger partial charge < -0.3 is 10.6 Å². The third-order valence-electron chi connectivity index (χ3n) is 4.40. The van der Waals surface area contributed by atoms with Gasteiger partial charge in [-0.05, 0) is 49.3 Å². The molecule has 0 radical (unpaired) electrons. The molecule has 4 heteroatoms. The molecule has 2 nitrogen and oxygen atoms in total. The number of hydrogen-bond donors (Lipinski definition) is 1. The number of nitrogens with zero attached hydrogens (tertiary/aromatic N) is 1. The highest BCUT2D eigenvalue weighted by molar-refractivity contribution is 5.51. The highest BCUT2D eigenvalue weighted by Crippen LogP contribution is 2.31. The van der Waals surface area contributed by atoms with Gasteiger partial charge in [0, 0.05) is 19.1 Å². The van der Waals surface area contributed by atoms with E-state index in [0.29, 0.717) is 17.9 Å². The van der Waals surface area contributed by atoms with Crippen LogP contribution >= 0.6 is 0 Å². The van der Waals surface area contributed by atoms with Crippen LogP contribution in [0, 0.1) is 17.6 Å². The maximum atomic E-state index is 14.3. The summed E-state index contributed by atoms with van der Waals surface area (Å²) in [5.74, 6) is -0.349. The Hall–Kier alpha value is -1.16. The molecule has 0 spiro atoms. The van der Waals surface area contributed by atoms with E-state index in [2.05, 4.69) is 6.92 Å². The molecular formula is C17H26F2N2. The highest BCUT2D eigenvalue weighted by Gasteiger charge is 2.26. The van der Waals surface area contributed by atoms with Crippen LogP contribution in [0.1, 0.15) is 45.1 Å². The minimum Gasteiger partial charge on any atom is -0.367 e. The Morgan fingerprint density at radius 1 is 1.29 bits per heavy atom. The fourth-order valence-electron chi connectivity index (χ4n) is 3.16. The van der Waals surface area contributed by atoms with Crippen molar-refractivity contribution in [3.05, 3.63) is 29.3 Å². The maximum Gasteiger partial charge on any atom is 0.149 e. The standard InChI is InChI=1S/C17H26F2N2/c1-3-5-12-6-7-21(11-12)17-15(18)9-13(10-16(17)19)8-14(20)4-2/h9-10,12,14H,3-8,11,20H2,1-2H3. The summed E-state index contributed by atoms with van der Waals surface area (Å²) in [7, 11) is 0. The van der Waals surface area contributed by atoms with Gasteiger partial charge in [0.05, 0.1) is 0 Å². The molecule has 1 aliphatic heterocycles. The minimum atomic E-state index is -0.453. The first-order valence-corrected chi connectivity index (χ1v) is 8.03. The van der Waals surface area contributed by atoms with E-state index in [1.807, 2.05) is 11.8 Å². The van der Waals surface area contributed by atoms with Crippen LogP contribution in [0.25, 0.3) is 0 Å².